The van der Waals surface area contributed by atoms with Crippen LogP contribution < -0.4 is 0 Å². The van der Waals surface area contributed by atoms with Gasteiger partial charge in [0.15, 0.2) is 5.65 Å². The van der Waals surface area contributed by atoms with Gasteiger partial charge in [-0.15, -0.1) is 0 Å². The Morgan fingerprint density at radius 3 is 2.97 bits per heavy atom. The van der Waals surface area contributed by atoms with E-state index in [1.54, 1.807) is 33.9 Å². The molecule has 5 aromatic rings. The summed E-state index contributed by atoms with van der Waals surface area (Å²) in [6, 6.07) is 7.01. The third kappa shape index (κ3) is 2.95. The molecule has 0 saturated heterocycles. The lowest BCUT2D eigenvalue weighted by atomic mass is 9.96. The lowest BCUT2D eigenvalue weighted by Gasteiger charge is -2.13. The number of nitrogens with one attached hydrogen (secondary N) is 1. The molecule has 4 aromatic heterocycles. The molecule has 5 rings (SSSR count). The molecule has 8 nitrogen and oxygen atoms in total. The number of aliphatic hydroxyl groups excluding tert-OH is 1. The van der Waals surface area contributed by atoms with Gasteiger partial charge in [-0.2, -0.15) is 15.3 Å². The molecule has 1 atom stereocenters. The summed E-state index contributed by atoms with van der Waals surface area (Å²) in [7, 11) is 0. The molecule has 29 heavy (non-hydrogen) atoms. The fourth-order valence-electron chi connectivity index (χ4n) is 3.53. The highest BCUT2D eigenvalue weighted by atomic mass is 19.1. The maximum absolute atomic E-state index is 14.7. The van der Waals surface area contributed by atoms with Crippen LogP contribution in [-0.2, 0) is 6.54 Å². The Hall–Kier alpha value is -3.59. The third-order valence-electron chi connectivity index (χ3n) is 5.11. The Bertz CT molecular complexity index is 1320. The first kappa shape index (κ1) is 17.5. The maximum atomic E-state index is 14.7. The minimum Gasteiger partial charge on any atom is -0.394 e. The number of fused-ring (bicyclic) bond motifs is 2. The van der Waals surface area contributed by atoms with Gasteiger partial charge in [-0.3, -0.25) is 9.78 Å². The molecule has 4 heterocycles. The van der Waals surface area contributed by atoms with Crippen LogP contribution in [0.25, 0.3) is 27.8 Å². The largest absolute Gasteiger partial charge is 0.394 e. The quantitative estimate of drug-likeness (QED) is 0.480. The van der Waals surface area contributed by atoms with Crippen LogP contribution >= 0.6 is 0 Å². The molecule has 1 unspecified atom stereocenters. The number of aromatic amines is 1. The minimum atomic E-state index is -0.300. The average Bonchev–Trinajstić information content (AvgIpc) is 3.45. The van der Waals surface area contributed by atoms with Gasteiger partial charge in [0.05, 0.1) is 48.6 Å². The molecule has 0 bridgehead atoms. The number of hydrogen-bond acceptors (Lipinski definition) is 5. The van der Waals surface area contributed by atoms with Crippen molar-refractivity contribution in [2.75, 3.05) is 6.61 Å². The van der Waals surface area contributed by atoms with Crippen LogP contribution in [0.1, 0.15) is 24.1 Å². The first-order valence-corrected chi connectivity index (χ1v) is 9.25. The van der Waals surface area contributed by atoms with Crippen molar-refractivity contribution in [3.05, 3.63) is 66.1 Å². The standard InChI is InChI=1S/C20H18FN7O/c1-12(15-6-13-8-23-25-18(13)7-16(15)21)19-10-22-20-3-2-17(26-28(19)20)14-9-24-27(11-14)4-5-29/h2-3,6-12,29H,4-5H2,1H3,(H,23,25). The lowest BCUT2D eigenvalue weighted by molar-refractivity contribution is 0.269. The molecule has 1 aromatic carbocycles. The van der Waals surface area contributed by atoms with Gasteiger partial charge in [0, 0.05) is 23.1 Å². The highest BCUT2D eigenvalue weighted by Crippen LogP contribution is 2.30. The second kappa shape index (κ2) is 6.78. The monoisotopic (exact) mass is 391 g/mol. The molecule has 0 saturated carbocycles. The number of aromatic nitrogens is 7. The fourth-order valence-corrected chi connectivity index (χ4v) is 3.53. The zero-order valence-electron chi connectivity index (χ0n) is 15.6. The van der Waals surface area contributed by atoms with E-state index in [0.717, 1.165) is 22.3 Å². The molecule has 0 aliphatic carbocycles. The molecule has 0 aliphatic heterocycles. The van der Waals surface area contributed by atoms with Crippen molar-refractivity contribution in [3.63, 3.8) is 0 Å². The second-order valence-electron chi connectivity index (χ2n) is 6.94. The molecule has 0 fully saturated rings. The zero-order valence-corrected chi connectivity index (χ0v) is 15.6. The molecule has 0 aliphatic rings. The van der Waals surface area contributed by atoms with E-state index in [1.807, 2.05) is 25.3 Å². The highest BCUT2D eigenvalue weighted by Gasteiger charge is 2.19. The van der Waals surface area contributed by atoms with Gasteiger partial charge in [-0.1, -0.05) is 6.92 Å². The summed E-state index contributed by atoms with van der Waals surface area (Å²) in [6.45, 7) is 2.37. The van der Waals surface area contributed by atoms with Crippen LogP contribution in [0.4, 0.5) is 4.39 Å². The number of H-pyrrole nitrogens is 1. The molecule has 146 valence electrons. The van der Waals surface area contributed by atoms with E-state index in [1.165, 1.54) is 6.07 Å². The molecular weight excluding hydrogens is 373 g/mol. The first-order valence-electron chi connectivity index (χ1n) is 9.25. The molecular formula is C20H18FN7O. The van der Waals surface area contributed by atoms with E-state index in [-0.39, 0.29) is 18.3 Å². The maximum Gasteiger partial charge on any atom is 0.153 e. The Balaban J connectivity index is 1.57. The van der Waals surface area contributed by atoms with E-state index < -0.39 is 0 Å². The molecule has 2 N–H and O–H groups in total. The van der Waals surface area contributed by atoms with Gasteiger partial charge in [-0.05, 0) is 29.8 Å². The first-order chi connectivity index (χ1) is 14.1. The van der Waals surface area contributed by atoms with Gasteiger partial charge >= 0.3 is 0 Å². The van der Waals surface area contributed by atoms with Crippen LogP contribution in [-0.4, -0.2) is 46.3 Å². The number of benzene rings is 1. The van der Waals surface area contributed by atoms with Crippen LogP contribution in [0.3, 0.4) is 0 Å². The SMILES string of the molecule is CC(c1cc2cn[nH]c2cc1F)c1cnc2ccc(-c3cnn(CCO)c3)nn12. The van der Waals surface area contributed by atoms with Crippen LogP contribution in [0, 0.1) is 5.82 Å². The van der Waals surface area contributed by atoms with Crippen molar-refractivity contribution >= 4 is 16.6 Å². The van der Waals surface area contributed by atoms with Crippen molar-refractivity contribution < 1.29 is 9.50 Å². The topological polar surface area (TPSA) is 96.9 Å². The summed E-state index contributed by atoms with van der Waals surface area (Å²) in [4.78, 5) is 4.42. The molecule has 0 radical (unpaired) electrons. The smallest absolute Gasteiger partial charge is 0.153 e. The number of imidazole rings is 1. The van der Waals surface area contributed by atoms with Crippen molar-refractivity contribution in [2.45, 2.75) is 19.4 Å². The average molecular weight is 391 g/mol. The van der Waals surface area contributed by atoms with Gasteiger partial charge in [-0.25, -0.2) is 13.9 Å². The van der Waals surface area contributed by atoms with E-state index >= 15 is 0 Å². The molecule has 9 heteroatoms. The predicted octanol–water partition coefficient (Wildman–Crippen LogP) is 2.75. The van der Waals surface area contributed by atoms with Crippen LogP contribution in [0.15, 0.2) is 49.1 Å². The van der Waals surface area contributed by atoms with Crippen LogP contribution in [0.2, 0.25) is 0 Å². The van der Waals surface area contributed by atoms with E-state index in [4.69, 9.17) is 10.2 Å². The normalized spacial score (nSPS) is 12.8. The van der Waals surface area contributed by atoms with E-state index in [2.05, 4.69) is 20.3 Å². The van der Waals surface area contributed by atoms with Gasteiger partial charge in [0.25, 0.3) is 0 Å². The van der Waals surface area contributed by atoms with Gasteiger partial charge in [0.2, 0.25) is 0 Å². The second-order valence-corrected chi connectivity index (χ2v) is 6.94. The van der Waals surface area contributed by atoms with E-state index in [0.29, 0.717) is 23.3 Å². The Labute approximate surface area is 164 Å². The van der Waals surface area contributed by atoms with Crippen molar-refractivity contribution in [3.8, 4) is 11.3 Å². The number of nitrogens with zero attached hydrogens (tertiary/aromatic N) is 6. The van der Waals surface area contributed by atoms with Crippen molar-refractivity contribution in [1.29, 1.82) is 0 Å². The number of halogens is 1. The van der Waals surface area contributed by atoms with Crippen LogP contribution in [0.5, 0.6) is 0 Å². The number of hydrogen-bond donors (Lipinski definition) is 2. The Morgan fingerprint density at radius 2 is 2.10 bits per heavy atom. The Morgan fingerprint density at radius 1 is 1.21 bits per heavy atom. The molecule has 0 spiro atoms. The summed E-state index contributed by atoms with van der Waals surface area (Å²) in [6.07, 6.45) is 6.94. The Kier molecular flexibility index (Phi) is 4.09. The van der Waals surface area contributed by atoms with Crippen molar-refractivity contribution in [1.82, 2.24) is 34.6 Å². The van der Waals surface area contributed by atoms with E-state index in [9.17, 15) is 4.39 Å². The lowest BCUT2D eigenvalue weighted by Crippen LogP contribution is -2.06. The number of aliphatic hydroxyl groups is 1. The summed E-state index contributed by atoms with van der Waals surface area (Å²) in [5.74, 6) is -0.560. The number of rotatable bonds is 5. The van der Waals surface area contributed by atoms with Gasteiger partial charge in [0.1, 0.15) is 5.82 Å². The highest BCUT2D eigenvalue weighted by molar-refractivity contribution is 5.79. The summed E-state index contributed by atoms with van der Waals surface area (Å²) in [5, 5.41) is 25.6. The fraction of sp³-hybridized carbons (Fsp3) is 0.200. The summed E-state index contributed by atoms with van der Waals surface area (Å²) >= 11 is 0. The zero-order chi connectivity index (χ0) is 20.0. The summed E-state index contributed by atoms with van der Waals surface area (Å²) < 4.78 is 18.1. The minimum absolute atomic E-state index is 0.0172. The third-order valence-corrected chi connectivity index (χ3v) is 5.11. The predicted molar refractivity (Wildman–Crippen MR) is 105 cm³/mol. The van der Waals surface area contributed by atoms with Gasteiger partial charge < -0.3 is 5.11 Å². The van der Waals surface area contributed by atoms with Crippen molar-refractivity contribution in [2.24, 2.45) is 0 Å². The molecule has 0 amide bonds. The summed E-state index contributed by atoms with van der Waals surface area (Å²) in [5.41, 5.74) is 4.24.